The molecular weight excluding hydrogens is 259 g/mol. The fourth-order valence-electron chi connectivity index (χ4n) is 1.48. The van der Waals surface area contributed by atoms with Gasteiger partial charge in [0.15, 0.2) is 11.6 Å². The van der Waals surface area contributed by atoms with Gasteiger partial charge in [0.05, 0.1) is 12.9 Å². The topological polar surface area (TPSA) is 81.4 Å². The fourth-order valence-corrected chi connectivity index (χ4v) is 1.88. The van der Waals surface area contributed by atoms with Crippen LogP contribution in [0.2, 0.25) is 0 Å². The first-order valence-electron chi connectivity index (χ1n) is 5.41. The molecule has 5 nitrogen and oxygen atoms in total. The molecule has 0 fully saturated rings. The average molecular weight is 276 g/mol. The Kier molecular flexibility index (Phi) is 5.06. The number of benzene rings is 1. The summed E-state index contributed by atoms with van der Waals surface area (Å²) in [5.74, 6) is -0.416. The van der Waals surface area contributed by atoms with Gasteiger partial charge < -0.3 is 10.1 Å². The Bertz CT molecular complexity index is 505. The standard InChI is InChI=1S/C11H17FN2O3S/c1-8(14-5-6-18(13,15)16)9-3-4-10(12)11(7-9)17-2/h3-4,7-8,14H,5-6H2,1-2H3,(H2,13,15,16). The molecule has 1 aromatic rings. The number of halogens is 1. The number of hydrogen-bond donors (Lipinski definition) is 2. The molecule has 102 valence electrons. The number of nitrogens with one attached hydrogen (secondary N) is 1. The van der Waals surface area contributed by atoms with Crippen molar-refractivity contribution in [3.63, 3.8) is 0 Å². The number of nitrogens with two attached hydrogens (primary N) is 1. The van der Waals surface area contributed by atoms with Crippen LogP contribution in [0.25, 0.3) is 0 Å². The van der Waals surface area contributed by atoms with Gasteiger partial charge in [-0.2, -0.15) is 0 Å². The number of hydrogen-bond acceptors (Lipinski definition) is 4. The molecule has 1 aromatic carbocycles. The summed E-state index contributed by atoms with van der Waals surface area (Å²) in [7, 11) is -2.08. The van der Waals surface area contributed by atoms with Crippen LogP contribution in [-0.2, 0) is 10.0 Å². The Labute approximate surface area is 106 Å². The molecule has 0 aromatic heterocycles. The highest BCUT2D eigenvalue weighted by Crippen LogP contribution is 2.22. The molecule has 0 aliphatic carbocycles. The number of methoxy groups -OCH3 is 1. The molecule has 0 saturated heterocycles. The lowest BCUT2D eigenvalue weighted by Gasteiger charge is -2.15. The Morgan fingerprint density at radius 2 is 2.17 bits per heavy atom. The van der Waals surface area contributed by atoms with Gasteiger partial charge in [-0.15, -0.1) is 0 Å². The van der Waals surface area contributed by atoms with Crippen LogP contribution in [0, 0.1) is 5.82 Å². The maximum atomic E-state index is 13.2. The summed E-state index contributed by atoms with van der Waals surface area (Å²) in [5.41, 5.74) is 0.808. The molecule has 0 aliphatic heterocycles. The van der Waals surface area contributed by atoms with Crippen LogP contribution >= 0.6 is 0 Å². The van der Waals surface area contributed by atoms with Crippen LogP contribution in [0.5, 0.6) is 5.75 Å². The quantitative estimate of drug-likeness (QED) is 0.804. The van der Waals surface area contributed by atoms with Crippen molar-refractivity contribution in [3.8, 4) is 5.75 Å². The Balaban J connectivity index is 2.64. The first-order valence-corrected chi connectivity index (χ1v) is 7.12. The fraction of sp³-hybridized carbons (Fsp3) is 0.455. The molecular formula is C11H17FN2O3S. The summed E-state index contributed by atoms with van der Waals surface area (Å²) in [6.07, 6.45) is 0. The van der Waals surface area contributed by atoms with Crippen molar-refractivity contribution in [1.82, 2.24) is 5.32 Å². The number of rotatable bonds is 6. The minimum atomic E-state index is -3.47. The second-order valence-electron chi connectivity index (χ2n) is 3.94. The molecule has 0 spiro atoms. The third-order valence-corrected chi connectivity index (χ3v) is 3.29. The third-order valence-electron chi connectivity index (χ3n) is 2.51. The Hall–Kier alpha value is -1.18. The SMILES string of the molecule is COc1cc(C(C)NCCS(N)(=O)=O)ccc1F. The normalized spacial score (nSPS) is 13.3. The lowest BCUT2D eigenvalue weighted by atomic mass is 10.1. The molecule has 1 atom stereocenters. The Morgan fingerprint density at radius 1 is 1.50 bits per heavy atom. The summed E-state index contributed by atoms with van der Waals surface area (Å²) in [6.45, 7) is 2.08. The smallest absolute Gasteiger partial charge is 0.210 e. The van der Waals surface area contributed by atoms with E-state index in [1.165, 1.54) is 13.2 Å². The first-order chi connectivity index (χ1) is 8.33. The van der Waals surface area contributed by atoms with Gasteiger partial charge in [-0.3, -0.25) is 0 Å². The third kappa shape index (κ3) is 4.59. The predicted molar refractivity (Wildman–Crippen MR) is 67.3 cm³/mol. The average Bonchev–Trinajstić information content (AvgIpc) is 2.27. The van der Waals surface area contributed by atoms with Gasteiger partial charge in [0.25, 0.3) is 0 Å². The molecule has 0 saturated carbocycles. The van der Waals surface area contributed by atoms with Crippen molar-refractivity contribution < 1.29 is 17.5 Å². The van der Waals surface area contributed by atoms with E-state index < -0.39 is 15.8 Å². The monoisotopic (exact) mass is 276 g/mol. The van der Waals surface area contributed by atoms with Crippen molar-refractivity contribution >= 4 is 10.0 Å². The van der Waals surface area contributed by atoms with E-state index in [-0.39, 0.29) is 24.1 Å². The summed E-state index contributed by atoms with van der Waals surface area (Å²) < 4.78 is 39.6. The highest BCUT2D eigenvalue weighted by Gasteiger charge is 2.10. The van der Waals surface area contributed by atoms with Crippen LogP contribution in [0.1, 0.15) is 18.5 Å². The van der Waals surface area contributed by atoms with E-state index in [0.717, 1.165) is 5.56 Å². The maximum absolute atomic E-state index is 13.2. The number of sulfonamides is 1. The van der Waals surface area contributed by atoms with Crippen molar-refractivity contribution in [3.05, 3.63) is 29.6 Å². The molecule has 0 bridgehead atoms. The van der Waals surface area contributed by atoms with Gasteiger partial charge >= 0.3 is 0 Å². The minimum absolute atomic E-state index is 0.124. The minimum Gasteiger partial charge on any atom is -0.494 e. The summed E-state index contributed by atoms with van der Waals surface area (Å²) in [6, 6.07) is 4.38. The zero-order valence-electron chi connectivity index (χ0n) is 10.3. The molecule has 0 heterocycles. The molecule has 18 heavy (non-hydrogen) atoms. The molecule has 3 N–H and O–H groups in total. The van der Waals surface area contributed by atoms with E-state index >= 15 is 0 Å². The van der Waals surface area contributed by atoms with Crippen LogP contribution in [0.15, 0.2) is 18.2 Å². The van der Waals surface area contributed by atoms with Gasteiger partial charge in [0.1, 0.15) is 0 Å². The Morgan fingerprint density at radius 3 is 2.72 bits per heavy atom. The predicted octanol–water partition coefficient (Wildman–Crippen LogP) is 0.773. The molecule has 0 aliphatic rings. The van der Waals surface area contributed by atoms with Gasteiger partial charge in [-0.25, -0.2) is 17.9 Å². The zero-order chi connectivity index (χ0) is 13.8. The van der Waals surface area contributed by atoms with E-state index in [2.05, 4.69) is 5.32 Å². The summed E-state index contributed by atoms with van der Waals surface area (Å²) in [5, 5.41) is 7.88. The highest BCUT2D eigenvalue weighted by molar-refractivity contribution is 7.89. The van der Waals surface area contributed by atoms with Crippen molar-refractivity contribution in [1.29, 1.82) is 0 Å². The van der Waals surface area contributed by atoms with E-state index in [1.807, 2.05) is 6.92 Å². The highest BCUT2D eigenvalue weighted by atomic mass is 32.2. The van der Waals surface area contributed by atoms with E-state index in [9.17, 15) is 12.8 Å². The van der Waals surface area contributed by atoms with Crippen molar-refractivity contribution in [2.75, 3.05) is 19.4 Å². The van der Waals surface area contributed by atoms with E-state index in [1.54, 1.807) is 12.1 Å². The number of ether oxygens (including phenoxy) is 1. The van der Waals surface area contributed by atoms with Crippen LogP contribution in [0.3, 0.4) is 0 Å². The largest absolute Gasteiger partial charge is 0.494 e. The summed E-state index contributed by atoms with van der Waals surface area (Å²) >= 11 is 0. The van der Waals surface area contributed by atoms with Crippen molar-refractivity contribution in [2.45, 2.75) is 13.0 Å². The van der Waals surface area contributed by atoms with Crippen LogP contribution in [0.4, 0.5) is 4.39 Å². The van der Waals surface area contributed by atoms with Gasteiger partial charge in [0.2, 0.25) is 10.0 Å². The second kappa shape index (κ2) is 6.12. The molecule has 7 heteroatoms. The molecule has 0 amide bonds. The molecule has 1 rings (SSSR count). The molecule has 1 unspecified atom stereocenters. The lowest BCUT2D eigenvalue weighted by Crippen LogP contribution is -2.28. The molecule has 0 radical (unpaired) electrons. The van der Waals surface area contributed by atoms with Gasteiger partial charge in [-0.05, 0) is 24.6 Å². The summed E-state index contributed by atoms with van der Waals surface area (Å²) in [4.78, 5) is 0. The zero-order valence-corrected chi connectivity index (χ0v) is 11.1. The van der Waals surface area contributed by atoms with E-state index in [4.69, 9.17) is 9.88 Å². The van der Waals surface area contributed by atoms with Crippen molar-refractivity contribution in [2.24, 2.45) is 5.14 Å². The van der Waals surface area contributed by atoms with Crippen LogP contribution < -0.4 is 15.2 Å². The maximum Gasteiger partial charge on any atom is 0.210 e. The first kappa shape index (κ1) is 14.9. The van der Waals surface area contributed by atoms with Gasteiger partial charge in [0, 0.05) is 12.6 Å². The number of primary sulfonamides is 1. The van der Waals surface area contributed by atoms with E-state index in [0.29, 0.717) is 0 Å². The van der Waals surface area contributed by atoms with Gasteiger partial charge in [-0.1, -0.05) is 6.07 Å². The lowest BCUT2D eigenvalue weighted by molar-refractivity contribution is 0.385. The van der Waals surface area contributed by atoms with Crippen LogP contribution in [-0.4, -0.2) is 27.8 Å². The second-order valence-corrected chi connectivity index (χ2v) is 5.67.